The second-order valence-electron chi connectivity index (χ2n) is 7.23. The van der Waals surface area contributed by atoms with Gasteiger partial charge < -0.3 is 10.2 Å². The van der Waals surface area contributed by atoms with E-state index >= 15 is 0 Å². The summed E-state index contributed by atoms with van der Waals surface area (Å²) in [5.41, 5.74) is 3.22. The Morgan fingerprint density at radius 3 is 2.78 bits per heavy atom. The Kier molecular flexibility index (Phi) is 4.32. The minimum absolute atomic E-state index is 0.360. The number of halogens is 3. The molecule has 2 amide bonds. The fourth-order valence-electron chi connectivity index (χ4n) is 4.14. The largest absolute Gasteiger partial charge is 0.394 e. The maximum atomic E-state index is 13.1. The Hall–Kier alpha value is -2.57. The molecule has 1 N–H and O–H groups in total. The van der Waals surface area contributed by atoms with Crippen LogP contribution in [0.1, 0.15) is 18.4 Å². The summed E-state index contributed by atoms with van der Waals surface area (Å²) < 4.78 is 39.4. The number of piperidine rings is 1. The topological polar surface area (TPSA) is 45.2 Å². The zero-order valence-electron chi connectivity index (χ0n) is 14.8. The quantitative estimate of drug-likeness (QED) is 0.815. The Bertz CT molecular complexity index is 853. The van der Waals surface area contributed by atoms with E-state index in [1.54, 1.807) is 12.3 Å². The Morgan fingerprint density at radius 1 is 1.26 bits per heavy atom. The zero-order valence-corrected chi connectivity index (χ0v) is 14.8. The summed E-state index contributed by atoms with van der Waals surface area (Å²) in [6.07, 6.45) is -1.41. The normalized spacial score (nSPS) is 24.3. The number of rotatable bonds is 2. The number of likely N-dealkylation sites (tertiary alicyclic amines) is 1. The summed E-state index contributed by atoms with van der Waals surface area (Å²) in [6, 6.07) is 9.83. The highest BCUT2D eigenvalue weighted by Crippen LogP contribution is 2.57. The standard InChI is InChI=1S/C20H20F3N3O/c1-12-7-8-13(11-15(12)16-6-2-3-9-24-16)25-19(27)26-10-4-5-14-17(18(14)26)20(21,22)23/h2-3,6-9,11,14,17-18H,4-5,10H2,1H3,(H,25,27)/t14?,17-,18-/m1/s1. The number of pyridine rings is 1. The van der Waals surface area contributed by atoms with E-state index < -0.39 is 30.1 Å². The van der Waals surface area contributed by atoms with Gasteiger partial charge in [0.1, 0.15) is 0 Å². The SMILES string of the molecule is Cc1ccc(NC(=O)N2CCCC3[C@@H]2[C@@H]3C(F)(F)F)cc1-c1ccccn1. The van der Waals surface area contributed by atoms with E-state index in [4.69, 9.17) is 0 Å². The molecule has 1 aromatic heterocycles. The van der Waals surface area contributed by atoms with E-state index in [0.717, 1.165) is 16.8 Å². The second-order valence-corrected chi connectivity index (χ2v) is 7.23. The van der Waals surface area contributed by atoms with Crippen molar-refractivity contribution in [2.45, 2.75) is 32.0 Å². The number of anilines is 1. The molecule has 1 aromatic carbocycles. The predicted octanol–water partition coefficient (Wildman–Crippen LogP) is 4.86. The molecule has 4 rings (SSSR count). The number of alkyl halides is 3. The van der Waals surface area contributed by atoms with E-state index in [1.807, 2.05) is 37.3 Å². The van der Waals surface area contributed by atoms with Gasteiger partial charge in [0.25, 0.3) is 0 Å². The van der Waals surface area contributed by atoms with Crippen LogP contribution in [-0.4, -0.2) is 34.7 Å². The second kappa shape index (κ2) is 6.55. The van der Waals surface area contributed by atoms with Crippen LogP contribution in [0.3, 0.4) is 0 Å². The number of urea groups is 1. The summed E-state index contributed by atoms with van der Waals surface area (Å²) in [5, 5.41) is 2.77. The maximum Gasteiger partial charge on any atom is 0.394 e. The first-order valence-corrected chi connectivity index (χ1v) is 9.02. The molecule has 142 valence electrons. The molecule has 1 aliphatic carbocycles. The van der Waals surface area contributed by atoms with Gasteiger partial charge in [-0.3, -0.25) is 4.98 Å². The van der Waals surface area contributed by atoms with E-state index in [0.29, 0.717) is 25.1 Å². The van der Waals surface area contributed by atoms with Crippen molar-refractivity contribution in [3.8, 4) is 11.3 Å². The number of benzene rings is 1. The molecule has 27 heavy (non-hydrogen) atoms. The van der Waals surface area contributed by atoms with Crippen LogP contribution in [0.4, 0.5) is 23.7 Å². The molecule has 1 aliphatic heterocycles. The van der Waals surface area contributed by atoms with Crippen LogP contribution >= 0.6 is 0 Å². The molecule has 1 saturated carbocycles. The third-order valence-electron chi connectivity index (χ3n) is 5.49. The van der Waals surface area contributed by atoms with Crippen LogP contribution < -0.4 is 5.32 Å². The Balaban J connectivity index is 1.52. The minimum atomic E-state index is -4.24. The van der Waals surface area contributed by atoms with E-state index in [-0.39, 0.29) is 0 Å². The van der Waals surface area contributed by atoms with Crippen LogP contribution in [-0.2, 0) is 0 Å². The molecule has 0 spiro atoms. The molecule has 1 saturated heterocycles. The van der Waals surface area contributed by atoms with Gasteiger partial charge >= 0.3 is 12.2 Å². The molecule has 2 aliphatic rings. The highest BCUT2D eigenvalue weighted by atomic mass is 19.4. The number of hydrogen-bond acceptors (Lipinski definition) is 2. The lowest BCUT2D eigenvalue weighted by Crippen LogP contribution is -2.41. The molecular weight excluding hydrogens is 355 g/mol. The summed E-state index contributed by atoms with van der Waals surface area (Å²) in [5.74, 6) is -1.83. The Labute approximate surface area is 155 Å². The average Bonchev–Trinajstić information content (AvgIpc) is 3.39. The number of fused-ring (bicyclic) bond motifs is 1. The number of nitrogens with zero attached hydrogens (tertiary/aromatic N) is 2. The highest BCUT2D eigenvalue weighted by molar-refractivity contribution is 5.91. The average molecular weight is 375 g/mol. The zero-order chi connectivity index (χ0) is 19.2. The molecule has 0 bridgehead atoms. The fraction of sp³-hybridized carbons (Fsp3) is 0.400. The summed E-state index contributed by atoms with van der Waals surface area (Å²) in [7, 11) is 0. The van der Waals surface area contributed by atoms with Gasteiger partial charge in [-0.25, -0.2) is 4.79 Å². The number of carbonyl (C=O) groups is 1. The predicted molar refractivity (Wildman–Crippen MR) is 96.2 cm³/mol. The monoisotopic (exact) mass is 375 g/mol. The molecule has 2 heterocycles. The van der Waals surface area contributed by atoms with Crippen molar-refractivity contribution in [3.05, 3.63) is 48.2 Å². The van der Waals surface area contributed by atoms with Crippen molar-refractivity contribution < 1.29 is 18.0 Å². The molecule has 2 fully saturated rings. The summed E-state index contributed by atoms with van der Waals surface area (Å²) in [6.45, 7) is 2.31. The third kappa shape index (κ3) is 3.38. The third-order valence-corrected chi connectivity index (χ3v) is 5.49. The molecule has 3 atom stereocenters. The van der Waals surface area contributed by atoms with Crippen molar-refractivity contribution in [2.24, 2.45) is 11.8 Å². The van der Waals surface area contributed by atoms with Crippen molar-refractivity contribution in [1.29, 1.82) is 0 Å². The van der Waals surface area contributed by atoms with Crippen molar-refractivity contribution in [2.75, 3.05) is 11.9 Å². The maximum absolute atomic E-state index is 13.1. The number of aromatic nitrogens is 1. The number of amides is 2. The molecular formula is C20H20F3N3O. The van der Waals surface area contributed by atoms with Crippen LogP contribution in [0.5, 0.6) is 0 Å². The molecule has 0 radical (unpaired) electrons. The lowest BCUT2D eigenvalue weighted by molar-refractivity contribution is -0.153. The number of hydrogen-bond donors (Lipinski definition) is 1. The van der Waals surface area contributed by atoms with Crippen molar-refractivity contribution in [3.63, 3.8) is 0 Å². The summed E-state index contributed by atoms with van der Waals surface area (Å²) >= 11 is 0. The minimum Gasteiger partial charge on any atom is -0.321 e. The molecule has 4 nitrogen and oxygen atoms in total. The van der Waals surface area contributed by atoms with Gasteiger partial charge in [-0.05, 0) is 55.5 Å². The number of carbonyl (C=O) groups excluding carboxylic acids is 1. The van der Waals surface area contributed by atoms with E-state index in [1.165, 1.54) is 4.90 Å². The van der Waals surface area contributed by atoms with Crippen LogP contribution in [0.25, 0.3) is 11.3 Å². The van der Waals surface area contributed by atoms with Crippen molar-refractivity contribution >= 4 is 11.7 Å². The van der Waals surface area contributed by atoms with E-state index in [2.05, 4.69) is 10.3 Å². The first-order valence-electron chi connectivity index (χ1n) is 9.02. The first-order chi connectivity index (χ1) is 12.9. The Morgan fingerprint density at radius 2 is 2.07 bits per heavy atom. The van der Waals surface area contributed by atoms with Crippen LogP contribution in [0, 0.1) is 18.8 Å². The smallest absolute Gasteiger partial charge is 0.321 e. The van der Waals surface area contributed by atoms with Crippen LogP contribution in [0.15, 0.2) is 42.6 Å². The lowest BCUT2D eigenvalue weighted by atomic mass is 10.0. The lowest BCUT2D eigenvalue weighted by Gasteiger charge is -2.27. The number of nitrogens with one attached hydrogen (secondary N) is 1. The van der Waals surface area contributed by atoms with Gasteiger partial charge in [0.05, 0.1) is 11.6 Å². The van der Waals surface area contributed by atoms with Gasteiger partial charge in [-0.15, -0.1) is 0 Å². The van der Waals surface area contributed by atoms with Crippen LogP contribution in [0.2, 0.25) is 0 Å². The number of aryl methyl sites for hydroxylation is 1. The summed E-state index contributed by atoms with van der Waals surface area (Å²) in [4.78, 5) is 18.3. The molecule has 7 heteroatoms. The fourth-order valence-corrected chi connectivity index (χ4v) is 4.14. The van der Waals surface area contributed by atoms with Gasteiger partial charge in [-0.1, -0.05) is 12.1 Å². The first kappa shape index (κ1) is 17.8. The molecule has 1 unspecified atom stereocenters. The van der Waals surface area contributed by atoms with Crippen molar-refractivity contribution in [1.82, 2.24) is 9.88 Å². The van der Waals surface area contributed by atoms with Gasteiger partial charge in [-0.2, -0.15) is 13.2 Å². The van der Waals surface area contributed by atoms with Gasteiger partial charge in [0.2, 0.25) is 0 Å². The highest BCUT2D eigenvalue weighted by Gasteiger charge is 2.67. The van der Waals surface area contributed by atoms with E-state index in [9.17, 15) is 18.0 Å². The van der Waals surface area contributed by atoms with Gasteiger partial charge in [0, 0.05) is 30.0 Å². The molecule has 2 aromatic rings. The van der Waals surface area contributed by atoms with Gasteiger partial charge in [0.15, 0.2) is 0 Å².